The molecule has 0 saturated carbocycles. The van der Waals surface area contributed by atoms with Gasteiger partial charge < -0.3 is 0 Å². The summed E-state index contributed by atoms with van der Waals surface area (Å²) >= 11 is 5.90. The highest BCUT2D eigenvalue weighted by Crippen LogP contribution is 2.14. The van der Waals surface area contributed by atoms with Crippen molar-refractivity contribution in [3.05, 3.63) is 52.6 Å². The Balaban J connectivity index is 1.87. The fourth-order valence-electron chi connectivity index (χ4n) is 1.82. The van der Waals surface area contributed by atoms with Crippen LogP contribution in [0.5, 0.6) is 0 Å². The molecule has 5 heteroatoms. The Hall–Kier alpha value is -1.68. The monoisotopic (exact) mass is 280 g/mol. The van der Waals surface area contributed by atoms with E-state index in [9.17, 15) is 9.18 Å². The van der Waals surface area contributed by atoms with Gasteiger partial charge in [0.15, 0.2) is 5.78 Å². The van der Waals surface area contributed by atoms with Crippen molar-refractivity contribution >= 4 is 17.4 Å². The molecule has 3 nitrogen and oxygen atoms in total. The Morgan fingerprint density at radius 2 is 2.05 bits per heavy atom. The number of rotatable bonds is 5. The number of halogens is 2. The van der Waals surface area contributed by atoms with E-state index in [1.165, 1.54) is 24.3 Å². The van der Waals surface area contributed by atoms with E-state index in [1.54, 1.807) is 10.9 Å². The lowest BCUT2D eigenvalue weighted by Crippen LogP contribution is -2.06. The highest BCUT2D eigenvalue weighted by Gasteiger charge is 2.07. The van der Waals surface area contributed by atoms with Gasteiger partial charge in [-0.1, -0.05) is 11.6 Å². The molecule has 0 fully saturated rings. The summed E-state index contributed by atoms with van der Waals surface area (Å²) in [4.78, 5) is 11.9. The van der Waals surface area contributed by atoms with Crippen molar-refractivity contribution in [2.75, 3.05) is 0 Å². The van der Waals surface area contributed by atoms with Gasteiger partial charge >= 0.3 is 0 Å². The molecule has 2 rings (SSSR count). The molecule has 0 aliphatic rings. The van der Waals surface area contributed by atoms with Crippen LogP contribution in [0.4, 0.5) is 4.39 Å². The quantitative estimate of drug-likeness (QED) is 0.784. The van der Waals surface area contributed by atoms with Crippen molar-refractivity contribution in [3.63, 3.8) is 0 Å². The Kier molecular flexibility index (Phi) is 4.32. The second kappa shape index (κ2) is 5.97. The van der Waals surface area contributed by atoms with Crippen molar-refractivity contribution in [3.8, 4) is 0 Å². The van der Waals surface area contributed by atoms with Gasteiger partial charge in [0.1, 0.15) is 5.82 Å². The smallest absolute Gasteiger partial charge is 0.162 e. The average Bonchev–Trinajstić information content (AvgIpc) is 2.71. The first kappa shape index (κ1) is 13.7. The van der Waals surface area contributed by atoms with Gasteiger partial charge in [-0.25, -0.2) is 4.39 Å². The van der Waals surface area contributed by atoms with Crippen LogP contribution < -0.4 is 0 Å². The molecule has 0 bridgehead atoms. The van der Waals surface area contributed by atoms with Crippen LogP contribution >= 0.6 is 11.6 Å². The highest BCUT2D eigenvalue weighted by atomic mass is 35.5. The Morgan fingerprint density at radius 3 is 2.63 bits per heavy atom. The largest absolute Gasteiger partial charge is 0.294 e. The molecule has 0 spiro atoms. The SMILES string of the molecule is Cc1c(Cl)cnn1CCCC(=O)c1ccc(F)cc1. The summed E-state index contributed by atoms with van der Waals surface area (Å²) in [6.45, 7) is 2.53. The number of carbonyl (C=O) groups is 1. The lowest BCUT2D eigenvalue weighted by atomic mass is 10.1. The predicted octanol–water partition coefficient (Wildman–Crippen LogP) is 3.65. The maximum absolute atomic E-state index is 12.7. The third kappa shape index (κ3) is 3.41. The van der Waals surface area contributed by atoms with Crippen molar-refractivity contribution in [2.45, 2.75) is 26.3 Å². The van der Waals surface area contributed by atoms with E-state index in [4.69, 9.17) is 11.6 Å². The fraction of sp³-hybridized carbons (Fsp3) is 0.286. The molecule has 0 saturated heterocycles. The molecule has 0 N–H and O–H groups in total. The molecule has 1 aromatic carbocycles. The van der Waals surface area contributed by atoms with Gasteiger partial charge in [-0.15, -0.1) is 0 Å². The third-order valence-electron chi connectivity index (χ3n) is 2.98. The van der Waals surface area contributed by atoms with Crippen LogP contribution in [0.1, 0.15) is 28.9 Å². The zero-order chi connectivity index (χ0) is 13.8. The van der Waals surface area contributed by atoms with Gasteiger partial charge in [0.05, 0.1) is 16.9 Å². The van der Waals surface area contributed by atoms with Crippen molar-refractivity contribution < 1.29 is 9.18 Å². The predicted molar refractivity (Wildman–Crippen MR) is 71.9 cm³/mol. The molecule has 1 aromatic heterocycles. The van der Waals surface area contributed by atoms with E-state index in [1.807, 2.05) is 6.92 Å². The summed E-state index contributed by atoms with van der Waals surface area (Å²) in [7, 11) is 0. The zero-order valence-electron chi connectivity index (χ0n) is 10.6. The van der Waals surface area contributed by atoms with Crippen LogP contribution in [0.2, 0.25) is 5.02 Å². The number of hydrogen-bond acceptors (Lipinski definition) is 2. The molecule has 1 heterocycles. The number of Topliss-reactive ketones (excluding diaryl/α,β-unsaturated/α-hetero) is 1. The molecule has 100 valence electrons. The number of aromatic nitrogens is 2. The zero-order valence-corrected chi connectivity index (χ0v) is 11.3. The fourth-order valence-corrected chi connectivity index (χ4v) is 1.96. The van der Waals surface area contributed by atoms with E-state index in [0.29, 0.717) is 30.0 Å². The topological polar surface area (TPSA) is 34.9 Å². The first-order chi connectivity index (χ1) is 9.08. The summed E-state index contributed by atoms with van der Waals surface area (Å²) in [5.41, 5.74) is 1.44. The normalized spacial score (nSPS) is 10.7. The second-order valence-electron chi connectivity index (χ2n) is 4.33. The minimum absolute atomic E-state index is 0.0101. The summed E-state index contributed by atoms with van der Waals surface area (Å²) in [6.07, 6.45) is 2.68. The number of benzene rings is 1. The molecular formula is C14H14ClFN2O. The number of hydrogen-bond donors (Lipinski definition) is 0. The summed E-state index contributed by atoms with van der Waals surface area (Å²) in [5.74, 6) is -0.325. The lowest BCUT2D eigenvalue weighted by molar-refractivity contribution is 0.0978. The van der Waals surface area contributed by atoms with Crippen LogP contribution in [0.25, 0.3) is 0 Å². The van der Waals surface area contributed by atoms with Gasteiger partial charge in [-0.3, -0.25) is 9.48 Å². The third-order valence-corrected chi connectivity index (χ3v) is 3.35. The van der Waals surface area contributed by atoms with Crippen LogP contribution in [0.3, 0.4) is 0 Å². The van der Waals surface area contributed by atoms with Crippen LogP contribution in [-0.2, 0) is 6.54 Å². The van der Waals surface area contributed by atoms with Gasteiger partial charge in [0.2, 0.25) is 0 Å². The average molecular weight is 281 g/mol. The molecular weight excluding hydrogens is 267 g/mol. The van der Waals surface area contributed by atoms with E-state index < -0.39 is 0 Å². The first-order valence-corrected chi connectivity index (χ1v) is 6.42. The van der Waals surface area contributed by atoms with Crippen LogP contribution in [0, 0.1) is 12.7 Å². The van der Waals surface area contributed by atoms with Crippen molar-refractivity contribution in [1.82, 2.24) is 9.78 Å². The first-order valence-electron chi connectivity index (χ1n) is 6.04. The van der Waals surface area contributed by atoms with E-state index in [-0.39, 0.29) is 11.6 Å². The summed E-state index contributed by atoms with van der Waals surface area (Å²) in [6, 6.07) is 5.61. The van der Waals surface area contributed by atoms with Gasteiger partial charge in [-0.2, -0.15) is 5.10 Å². The molecule has 2 aromatic rings. The minimum Gasteiger partial charge on any atom is -0.294 e. The number of nitrogens with zero attached hydrogens (tertiary/aromatic N) is 2. The van der Waals surface area contributed by atoms with Crippen LogP contribution in [0.15, 0.2) is 30.5 Å². The van der Waals surface area contributed by atoms with Crippen molar-refractivity contribution in [1.29, 1.82) is 0 Å². The van der Waals surface area contributed by atoms with E-state index >= 15 is 0 Å². The van der Waals surface area contributed by atoms with E-state index in [0.717, 1.165) is 5.69 Å². The summed E-state index contributed by atoms with van der Waals surface area (Å²) < 4.78 is 14.5. The molecule has 0 amide bonds. The Bertz CT molecular complexity index is 578. The Morgan fingerprint density at radius 1 is 1.37 bits per heavy atom. The van der Waals surface area contributed by atoms with Gasteiger partial charge in [0, 0.05) is 18.5 Å². The van der Waals surface area contributed by atoms with Gasteiger partial charge in [-0.05, 0) is 37.6 Å². The molecule has 0 aliphatic carbocycles. The maximum atomic E-state index is 12.7. The molecule has 0 atom stereocenters. The number of carbonyl (C=O) groups excluding carboxylic acids is 1. The highest BCUT2D eigenvalue weighted by molar-refractivity contribution is 6.31. The second-order valence-corrected chi connectivity index (χ2v) is 4.74. The molecule has 0 unspecified atom stereocenters. The molecule has 19 heavy (non-hydrogen) atoms. The lowest BCUT2D eigenvalue weighted by Gasteiger charge is -2.04. The Labute approximate surface area is 116 Å². The van der Waals surface area contributed by atoms with Crippen LogP contribution in [-0.4, -0.2) is 15.6 Å². The molecule has 0 aliphatic heterocycles. The maximum Gasteiger partial charge on any atom is 0.162 e. The van der Waals surface area contributed by atoms with E-state index in [2.05, 4.69) is 5.10 Å². The number of aryl methyl sites for hydroxylation is 1. The standard InChI is InChI=1S/C14H14ClFN2O/c1-10-13(15)9-17-18(10)8-2-3-14(19)11-4-6-12(16)7-5-11/h4-7,9H,2-3,8H2,1H3. The summed E-state index contributed by atoms with van der Waals surface area (Å²) in [5, 5.41) is 4.75. The minimum atomic E-state index is -0.335. The number of ketones is 1. The van der Waals surface area contributed by atoms with Crippen molar-refractivity contribution in [2.24, 2.45) is 0 Å². The van der Waals surface area contributed by atoms with Gasteiger partial charge in [0.25, 0.3) is 0 Å². The molecule has 0 radical (unpaired) electrons.